The largest absolute Gasteiger partial charge is 0.381 e. The zero-order chi connectivity index (χ0) is 14.4. The molecule has 6 nitrogen and oxygen atoms in total. The van der Waals surface area contributed by atoms with Crippen molar-refractivity contribution in [3.8, 4) is 0 Å². The molecule has 0 aromatic carbocycles. The molecule has 2 fully saturated rings. The average molecular weight is 305 g/mol. The molecule has 2 aliphatic heterocycles. The summed E-state index contributed by atoms with van der Waals surface area (Å²) in [6.07, 6.45) is 3.16. The van der Waals surface area contributed by atoms with Crippen molar-refractivity contribution in [3.05, 3.63) is 0 Å². The third-order valence-electron chi connectivity index (χ3n) is 4.18. The summed E-state index contributed by atoms with van der Waals surface area (Å²) >= 11 is 0. The van der Waals surface area contributed by atoms with Gasteiger partial charge in [0, 0.05) is 32.8 Å². The second-order valence-electron chi connectivity index (χ2n) is 5.59. The Labute approximate surface area is 122 Å². The van der Waals surface area contributed by atoms with Gasteiger partial charge in [-0.25, -0.2) is 12.7 Å². The summed E-state index contributed by atoms with van der Waals surface area (Å²) in [6.45, 7) is 5.87. The lowest BCUT2D eigenvalue weighted by Crippen LogP contribution is -2.43. The molecule has 0 bridgehead atoms. The molecule has 0 aromatic heterocycles. The van der Waals surface area contributed by atoms with Gasteiger partial charge in [0.25, 0.3) is 0 Å². The maximum atomic E-state index is 12.6. The van der Waals surface area contributed by atoms with Crippen LogP contribution in [0.1, 0.15) is 25.7 Å². The first kappa shape index (κ1) is 16.2. The molecule has 2 N–H and O–H groups in total. The summed E-state index contributed by atoms with van der Waals surface area (Å²) in [5, 5.41) is -0.244. The van der Waals surface area contributed by atoms with Gasteiger partial charge in [0.15, 0.2) is 0 Å². The predicted molar refractivity (Wildman–Crippen MR) is 79.1 cm³/mol. The van der Waals surface area contributed by atoms with Crippen LogP contribution in [0.4, 0.5) is 0 Å². The number of nitrogens with two attached hydrogens (primary N) is 1. The summed E-state index contributed by atoms with van der Waals surface area (Å²) in [5.74, 6) is 0. The molecule has 20 heavy (non-hydrogen) atoms. The lowest BCUT2D eigenvalue weighted by molar-refractivity contribution is 0.0972. The molecule has 0 radical (unpaired) electrons. The maximum Gasteiger partial charge on any atom is 0.217 e. The van der Waals surface area contributed by atoms with E-state index in [1.807, 2.05) is 0 Å². The number of hydrogen-bond acceptors (Lipinski definition) is 5. The van der Waals surface area contributed by atoms with Crippen LogP contribution < -0.4 is 5.73 Å². The van der Waals surface area contributed by atoms with E-state index in [1.54, 1.807) is 4.31 Å². The molecule has 0 unspecified atom stereocenters. The highest BCUT2D eigenvalue weighted by atomic mass is 32.2. The Morgan fingerprint density at radius 1 is 1.10 bits per heavy atom. The van der Waals surface area contributed by atoms with Gasteiger partial charge in [0.05, 0.1) is 5.25 Å². The van der Waals surface area contributed by atoms with E-state index in [1.165, 1.54) is 0 Å². The maximum absolute atomic E-state index is 12.6. The molecule has 0 aromatic rings. The van der Waals surface area contributed by atoms with Crippen molar-refractivity contribution in [2.45, 2.75) is 30.9 Å². The highest BCUT2D eigenvalue weighted by Gasteiger charge is 2.34. The topological polar surface area (TPSA) is 75.9 Å². The molecule has 2 aliphatic rings. The van der Waals surface area contributed by atoms with Crippen LogP contribution in [0, 0.1) is 0 Å². The van der Waals surface area contributed by atoms with Gasteiger partial charge in [-0.2, -0.15) is 0 Å². The van der Waals surface area contributed by atoms with Crippen LogP contribution in [-0.2, 0) is 14.8 Å². The normalized spacial score (nSPS) is 24.6. The van der Waals surface area contributed by atoms with Crippen molar-refractivity contribution >= 4 is 10.0 Å². The van der Waals surface area contributed by atoms with Crippen LogP contribution >= 0.6 is 0 Å². The van der Waals surface area contributed by atoms with Gasteiger partial charge in [-0.3, -0.25) is 0 Å². The Balaban J connectivity index is 1.91. The summed E-state index contributed by atoms with van der Waals surface area (Å²) in [4.78, 5) is 2.33. The first-order valence-electron chi connectivity index (χ1n) is 7.63. The van der Waals surface area contributed by atoms with Crippen LogP contribution in [0.15, 0.2) is 0 Å². The monoisotopic (exact) mass is 305 g/mol. The van der Waals surface area contributed by atoms with E-state index >= 15 is 0 Å². The Morgan fingerprint density at radius 3 is 2.55 bits per heavy atom. The van der Waals surface area contributed by atoms with Gasteiger partial charge in [0.1, 0.15) is 0 Å². The minimum Gasteiger partial charge on any atom is -0.381 e. The molecule has 2 heterocycles. The van der Waals surface area contributed by atoms with Gasteiger partial charge in [-0.05, 0) is 45.3 Å². The van der Waals surface area contributed by atoms with Crippen molar-refractivity contribution in [1.29, 1.82) is 0 Å². The van der Waals surface area contributed by atoms with Crippen molar-refractivity contribution in [2.75, 3.05) is 52.5 Å². The summed E-state index contributed by atoms with van der Waals surface area (Å²) in [7, 11) is -3.15. The van der Waals surface area contributed by atoms with Gasteiger partial charge in [-0.15, -0.1) is 0 Å². The second-order valence-corrected chi connectivity index (χ2v) is 7.81. The van der Waals surface area contributed by atoms with Crippen LogP contribution in [0.3, 0.4) is 0 Å². The Kier molecular flexibility index (Phi) is 6.22. The van der Waals surface area contributed by atoms with Gasteiger partial charge in [0.2, 0.25) is 10.0 Å². The fourth-order valence-electron chi connectivity index (χ4n) is 2.92. The van der Waals surface area contributed by atoms with Crippen molar-refractivity contribution in [2.24, 2.45) is 5.73 Å². The van der Waals surface area contributed by atoms with E-state index in [2.05, 4.69) is 4.90 Å². The van der Waals surface area contributed by atoms with Crippen LogP contribution in [0.25, 0.3) is 0 Å². The summed E-state index contributed by atoms with van der Waals surface area (Å²) in [5.41, 5.74) is 5.53. The fourth-order valence-corrected chi connectivity index (χ4v) is 4.85. The molecule has 0 saturated carbocycles. The van der Waals surface area contributed by atoms with E-state index in [-0.39, 0.29) is 5.25 Å². The summed E-state index contributed by atoms with van der Waals surface area (Å²) < 4.78 is 32.3. The van der Waals surface area contributed by atoms with Crippen molar-refractivity contribution in [3.63, 3.8) is 0 Å². The lowest BCUT2D eigenvalue weighted by Gasteiger charge is -2.29. The van der Waals surface area contributed by atoms with Gasteiger partial charge < -0.3 is 15.4 Å². The first-order chi connectivity index (χ1) is 9.64. The molecule has 2 rings (SSSR count). The quantitative estimate of drug-likeness (QED) is 0.764. The van der Waals surface area contributed by atoms with Crippen molar-refractivity contribution in [1.82, 2.24) is 9.21 Å². The highest BCUT2D eigenvalue weighted by Crippen LogP contribution is 2.21. The minimum absolute atomic E-state index is 0.244. The van der Waals surface area contributed by atoms with E-state index < -0.39 is 10.0 Å². The Hall–Kier alpha value is -0.210. The first-order valence-corrected chi connectivity index (χ1v) is 9.14. The number of rotatable bonds is 5. The highest BCUT2D eigenvalue weighted by molar-refractivity contribution is 7.89. The van der Waals surface area contributed by atoms with E-state index in [0.29, 0.717) is 45.7 Å². The van der Waals surface area contributed by atoms with Gasteiger partial charge in [-0.1, -0.05) is 0 Å². The fraction of sp³-hybridized carbons (Fsp3) is 1.00. The molecule has 0 aliphatic carbocycles. The Morgan fingerprint density at radius 2 is 1.85 bits per heavy atom. The van der Waals surface area contributed by atoms with Crippen LogP contribution in [-0.4, -0.2) is 75.4 Å². The van der Waals surface area contributed by atoms with E-state index in [4.69, 9.17) is 10.5 Å². The molecule has 0 amide bonds. The smallest absolute Gasteiger partial charge is 0.217 e. The molecule has 0 atom stereocenters. The number of ether oxygens (including phenoxy) is 1. The molecule has 118 valence electrons. The number of sulfonamides is 1. The third-order valence-corrected chi connectivity index (χ3v) is 6.57. The summed E-state index contributed by atoms with van der Waals surface area (Å²) in [6, 6.07) is 0. The molecular weight excluding hydrogens is 278 g/mol. The van der Waals surface area contributed by atoms with E-state index in [0.717, 1.165) is 32.5 Å². The second kappa shape index (κ2) is 7.70. The molecule has 7 heteroatoms. The third kappa shape index (κ3) is 4.14. The van der Waals surface area contributed by atoms with E-state index in [9.17, 15) is 8.42 Å². The predicted octanol–water partition coefficient (Wildman–Crippen LogP) is -0.148. The van der Waals surface area contributed by atoms with Crippen LogP contribution in [0.2, 0.25) is 0 Å². The minimum atomic E-state index is -3.15. The molecular formula is C13H27N3O3S. The zero-order valence-electron chi connectivity index (χ0n) is 12.2. The molecule has 2 saturated heterocycles. The van der Waals surface area contributed by atoms with Gasteiger partial charge >= 0.3 is 0 Å². The van der Waals surface area contributed by atoms with Crippen molar-refractivity contribution < 1.29 is 13.2 Å². The lowest BCUT2D eigenvalue weighted by atomic mass is 10.2. The van der Waals surface area contributed by atoms with Crippen LogP contribution in [0.5, 0.6) is 0 Å². The number of nitrogens with zero attached hydrogens (tertiary/aromatic N) is 2. The standard InChI is InChI=1S/C13H27N3O3S/c14-5-1-6-15-7-2-8-16(10-9-15)20(17,18)13-3-11-19-12-4-13/h13H,1-12,14H2. The SMILES string of the molecule is NCCCN1CCCN(S(=O)(=O)C2CCOCC2)CC1. The number of hydrogen-bond donors (Lipinski definition) is 1. The zero-order valence-corrected chi connectivity index (χ0v) is 13.0. The Bertz CT molecular complexity index is 382. The average Bonchev–Trinajstić information content (AvgIpc) is 2.72. The molecule has 0 spiro atoms.